The molecular formula is C13H15BrO2S. The largest absolute Gasteiger partial charge is 0.480 e. The second-order valence-corrected chi connectivity index (χ2v) is 6.64. The summed E-state index contributed by atoms with van der Waals surface area (Å²) in [5, 5.41) is 9.41. The van der Waals surface area contributed by atoms with Crippen LogP contribution in [0.15, 0.2) is 28.7 Å². The summed E-state index contributed by atoms with van der Waals surface area (Å²) in [4.78, 5) is 11.3. The highest BCUT2D eigenvalue weighted by atomic mass is 79.9. The molecule has 0 heterocycles. The van der Waals surface area contributed by atoms with Crippen molar-refractivity contribution in [1.82, 2.24) is 0 Å². The van der Waals surface area contributed by atoms with Crippen molar-refractivity contribution in [1.29, 1.82) is 0 Å². The van der Waals surface area contributed by atoms with Gasteiger partial charge >= 0.3 is 5.97 Å². The van der Waals surface area contributed by atoms with Gasteiger partial charge in [-0.15, -0.1) is 11.8 Å². The lowest BCUT2D eigenvalue weighted by Gasteiger charge is -2.16. The normalized spacial score (nSPS) is 18.2. The van der Waals surface area contributed by atoms with E-state index in [4.69, 9.17) is 0 Å². The molecule has 1 aromatic carbocycles. The van der Waals surface area contributed by atoms with Gasteiger partial charge < -0.3 is 5.11 Å². The topological polar surface area (TPSA) is 37.3 Å². The van der Waals surface area contributed by atoms with E-state index < -0.39 is 11.2 Å². The van der Waals surface area contributed by atoms with Crippen molar-refractivity contribution in [2.24, 2.45) is 0 Å². The smallest absolute Gasteiger partial charge is 0.321 e. The monoisotopic (exact) mass is 314 g/mol. The van der Waals surface area contributed by atoms with Gasteiger partial charge in [0.1, 0.15) is 5.25 Å². The van der Waals surface area contributed by atoms with Crippen LogP contribution < -0.4 is 0 Å². The van der Waals surface area contributed by atoms with E-state index in [1.165, 1.54) is 12.8 Å². The molecular weight excluding hydrogens is 300 g/mol. The molecule has 17 heavy (non-hydrogen) atoms. The summed E-state index contributed by atoms with van der Waals surface area (Å²) < 4.78 is 0.983. The SMILES string of the molecule is O=C(O)C(SC1CCCC1)c1ccc(Br)cc1. The molecule has 92 valence electrons. The number of hydrogen-bond acceptors (Lipinski definition) is 2. The lowest BCUT2D eigenvalue weighted by atomic mass is 10.1. The molecule has 1 aliphatic rings. The van der Waals surface area contributed by atoms with Gasteiger partial charge in [-0.25, -0.2) is 0 Å². The highest BCUT2D eigenvalue weighted by Gasteiger charge is 2.26. The lowest BCUT2D eigenvalue weighted by molar-refractivity contribution is -0.136. The first-order chi connectivity index (χ1) is 8.16. The summed E-state index contributed by atoms with van der Waals surface area (Å²) in [6.45, 7) is 0. The second kappa shape index (κ2) is 5.91. The number of halogens is 1. The van der Waals surface area contributed by atoms with Crippen molar-refractivity contribution < 1.29 is 9.90 Å². The molecule has 1 N–H and O–H groups in total. The number of carboxylic acids is 1. The summed E-state index contributed by atoms with van der Waals surface area (Å²) >= 11 is 4.97. The van der Waals surface area contributed by atoms with E-state index >= 15 is 0 Å². The molecule has 0 bridgehead atoms. The minimum Gasteiger partial charge on any atom is -0.480 e. The summed E-state index contributed by atoms with van der Waals surface area (Å²) in [5.74, 6) is -0.732. The Morgan fingerprint density at radius 1 is 1.29 bits per heavy atom. The number of carboxylic acid groups (broad SMARTS) is 1. The number of aliphatic carboxylic acids is 1. The zero-order valence-corrected chi connectivity index (χ0v) is 11.8. The maximum atomic E-state index is 11.3. The predicted octanol–water partition coefficient (Wildman–Crippen LogP) is 4.25. The maximum absolute atomic E-state index is 11.3. The molecule has 1 unspecified atom stereocenters. The number of thioether (sulfide) groups is 1. The molecule has 0 aliphatic heterocycles. The van der Waals surface area contributed by atoms with Gasteiger partial charge in [-0.3, -0.25) is 4.79 Å². The third-order valence-electron chi connectivity index (χ3n) is 3.03. The zero-order chi connectivity index (χ0) is 12.3. The molecule has 0 amide bonds. The molecule has 1 aromatic rings. The molecule has 1 saturated carbocycles. The third kappa shape index (κ3) is 3.49. The van der Waals surface area contributed by atoms with Gasteiger partial charge in [0.25, 0.3) is 0 Å². The first-order valence-corrected chi connectivity index (χ1v) is 7.54. The Kier molecular flexibility index (Phi) is 4.51. The van der Waals surface area contributed by atoms with Crippen LogP contribution in [0.2, 0.25) is 0 Å². The molecule has 0 aromatic heterocycles. The van der Waals surface area contributed by atoms with Crippen LogP contribution in [0.4, 0.5) is 0 Å². The molecule has 0 radical (unpaired) electrons. The van der Waals surface area contributed by atoms with Crippen LogP contribution >= 0.6 is 27.7 Å². The van der Waals surface area contributed by atoms with Gasteiger partial charge in [0.05, 0.1) is 0 Å². The highest BCUT2D eigenvalue weighted by Crippen LogP contribution is 2.39. The Balaban J connectivity index is 2.10. The molecule has 2 nitrogen and oxygen atoms in total. The molecule has 2 rings (SSSR count). The van der Waals surface area contributed by atoms with E-state index in [0.717, 1.165) is 22.9 Å². The molecule has 4 heteroatoms. The van der Waals surface area contributed by atoms with Crippen molar-refractivity contribution >= 4 is 33.7 Å². The molecule has 0 saturated heterocycles. The first-order valence-electron chi connectivity index (χ1n) is 5.80. The quantitative estimate of drug-likeness (QED) is 0.902. The molecule has 1 aliphatic carbocycles. The zero-order valence-electron chi connectivity index (χ0n) is 9.43. The second-order valence-electron chi connectivity index (χ2n) is 4.31. The fraction of sp³-hybridized carbons (Fsp3) is 0.462. The molecule has 1 fully saturated rings. The van der Waals surface area contributed by atoms with Gasteiger partial charge in [-0.1, -0.05) is 40.9 Å². The van der Waals surface area contributed by atoms with Crippen LogP contribution in [0, 0.1) is 0 Å². The molecule has 0 spiro atoms. The van der Waals surface area contributed by atoms with Crippen LogP contribution in [0.5, 0.6) is 0 Å². The minimum atomic E-state index is -0.732. The number of hydrogen-bond donors (Lipinski definition) is 1. The van der Waals surface area contributed by atoms with Gasteiger partial charge in [-0.2, -0.15) is 0 Å². The maximum Gasteiger partial charge on any atom is 0.321 e. The van der Waals surface area contributed by atoms with Gasteiger partial charge in [0, 0.05) is 9.72 Å². The van der Waals surface area contributed by atoms with Crippen LogP contribution in [0.25, 0.3) is 0 Å². The standard InChI is InChI=1S/C13H15BrO2S/c14-10-7-5-9(6-8-10)12(13(15)16)17-11-3-1-2-4-11/h5-8,11-12H,1-4H2,(H,15,16). The fourth-order valence-corrected chi connectivity index (χ4v) is 3.82. The number of rotatable bonds is 4. The highest BCUT2D eigenvalue weighted by molar-refractivity contribution is 9.10. The minimum absolute atomic E-state index is 0.425. The van der Waals surface area contributed by atoms with Gasteiger partial charge in [0.15, 0.2) is 0 Å². The van der Waals surface area contributed by atoms with Crippen molar-refractivity contribution in [2.45, 2.75) is 36.2 Å². The van der Waals surface area contributed by atoms with E-state index in [2.05, 4.69) is 15.9 Å². The van der Waals surface area contributed by atoms with Crippen molar-refractivity contribution in [2.75, 3.05) is 0 Å². The van der Waals surface area contributed by atoms with Gasteiger partial charge in [-0.05, 0) is 30.5 Å². The summed E-state index contributed by atoms with van der Waals surface area (Å²) in [6, 6.07) is 7.59. The lowest BCUT2D eigenvalue weighted by Crippen LogP contribution is -2.11. The van der Waals surface area contributed by atoms with Crippen LogP contribution in [-0.4, -0.2) is 16.3 Å². The first kappa shape index (κ1) is 13.0. The van der Waals surface area contributed by atoms with Crippen molar-refractivity contribution in [3.8, 4) is 0 Å². The fourth-order valence-electron chi connectivity index (χ4n) is 2.13. The van der Waals surface area contributed by atoms with E-state index in [1.807, 2.05) is 24.3 Å². The summed E-state index contributed by atoms with van der Waals surface area (Å²) in [6.07, 6.45) is 4.80. The van der Waals surface area contributed by atoms with Crippen LogP contribution in [0.3, 0.4) is 0 Å². The Hall–Kier alpha value is -0.480. The van der Waals surface area contributed by atoms with E-state index in [9.17, 15) is 9.90 Å². The van der Waals surface area contributed by atoms with Crippen molar-refractivity contribution in [3.05, 3.63) is 34.3 Å². The average molecular weight is 315 g/mol. The third-order valence-corrected chi connectivity index (χ3v) is 5.16. The summed E-state index contributed by atoms with van der Waals surface area (Å²) in [5.41, 5.74) is 0.887. The Morgan fingerprint density at radius 3 is 2.41 bits per heavy atom. The van der Waals surface area contributed by atoms with Crippen molar-refractivity contribution in [3.63, 3.8) is 0 Å². The van der Waals surface area contributed by atoms with E-state index in [1.54, 1.807) is 11.8 Å². The van der Waals surface area contributed by atoms with Gasteiger partial charge in [0.2, 0.25) is 0 Å². The predicted molar refractivity (Wildman–Crippen MR) is 74.4 cm³/mol. The number of carbonyl (C=O) groups is 1. The molecule has 1 atom stereocenters. The Bertz CT molecular complexity index is 385. The van der Waals surface area contributed by atoms with E-state index in [-0.39, 0.29) is 0 Å². The van der Waals surface area contributed by atoms with Crippen LogP contribution in [0.1, 0.15) is 36.5 Å². The Morgan fingerprint density at radius 2 is 1.88 bits per heavy atom. The van der Waals surface area contributed by atoms with E-state index in [0.29, 0.717) is 5.25 Å². The Labute approximate surface area is 114 Å². The average Bonchev–Trinajstić information content (AvgIpc) is 2.80. The van der Waals surface area contributed by atoms with Crippen LogP contribution in [-0.2, 0) is 4.79 Å². The summed E-state index contributed by atoms with van der Waals surface area (Å²) in [7, 11) is 0. The number of benzene rings is 1.